The van der Waals surface area contributed by atoms with Crippen LogP contribution in [-0.4, -0.2) is 19.5 Å². The Morgan fingerprint density at radius 1 is 1.40 bits per heavy atom. The molecule has 0 unspecified atom stereocenters. The molecule has 0 atom stereocenters. The summed E-state index contributed by atoms with van der Waals surface area (Å²) >= 11 is 5.63. The molecule has 0 radical (unpaired) electrons. The van der Waals surface area contributed by atoms with Crippen molar-refractivity contribution in [3.05, 3.63) is 28.3 Å². The summed E-state index contributed by atoms with van der Waals surface area (Å²) in [4.78, 5) is 10.3. The third-order valence-corrected chi connectivity index (χ3v) is 3.56. The van der Waals surface area contributed by atoms with E-state index in [1.807, 2.05) is 0 Å². The minimum atomic E-state index is -4.03. The normalized spacial score (nSPS) is 11.4. The molecule has 0 heterocycles. The van der Waals surface area contributed by atoms with Gasteiger partial charge in [-0.3, -0.25) is 0 Å². The van der Waals surface area contributed by atoms with Crippen molar-refractivity contribution in [2.75, 3.05) is 0 Å². The predicted molar refractivity (Wildman–Crippen MR) is 56.2 cm³/mol. The van der Waals surface area contributed by atoms with Crippen molar-refractivity contribution in [3.63, 3.8) is 0 Å². The Bertz CT molecular complexity index is 522. The monoisotopic (exact) mass is 268 g/mol. The smallest absolute Gasteiger partial charge is 0.335 e. The molecule has 1 aromatic carbocycles. The van der Waals surface area contributed by atoms with Crippen LogP contribution in [0.4, 0.5) is 0 Å². The predicted octanol–water partition coefficient (Wildman–Crippen LogP) is 2.27. The molecule has 1 rings (SSSR count). The molecule has 4 nitrogen and oxygen atoms in total. The highest BCUT2D eigenvalue weighted by Gasteiger charge is 2.19. The molecule has 0 amide bonds. The molecule has 0 spiro atoms. The Kier molecular flexibility index (Phi) is 3.28. The molecular formula is C8H6Cl2O4S. The number of aryl methyl sites for hydroxylation is 1. The van der Waals surface area contributed by atoms with Crippen molar-refractivity contribution >= 4 is 37.3 Å². The molecule has 0 aliphatic carbocycles. The standard InChI is InChI=1S/C8H6Cl2O4S/c1-4-2-6(9)7(15(10,13)14)3-5(4)8(11)12/h2-3H,1H3,(H,11,12). The lowest BCUT2D eigenvalue weighted by atomic mass is 10.1. The second kappa shape index (κ2) is 4.00. The van der Waals surface area contributed by atoms with Gasteiger partial charge in [0.2, 0.25) is 0 Å². The van der Waals surface area contributed by atoms with Crippen LogP contribution in [0.15, 0.2) is 17.0 Å². The molecular weight excluding hydrogens is 263 g/mol. The Morgan fingerprint density at radius 3 is 2.33 bits per heavy atom. The molecule has 1 N–H and O–H groups in total. The van der Waals surface area contributed by atoms with Crippen LogP contribution in [-0.2, 0) is 9.05 Å². The third-order valence-electron chi connectivity index (χ3n) is 1.77. The number of benzene rings is 1. The molecule has 15 heavy (non-hydrogen) atoms. The number of halogens is 2. The highest BCUT2D eigenvalue weighted by Crippen LogP contribution is 2.27. The maximum atomic E-state index is 11.0. The molecule has 0 saturated carbocycles. The number of rotatable bonds is 2. The average molecular weight is 269 g/mol. The number of carbonyl (C=O) groups is 1. The number of carboxylic acid groups (broad SMARTS) is 1. The van der Waals surface area contributed by atoms with E-state index in [2.05, 4.69) is 0 Å². The van der Waals surface area contributed by atoms with Gasteiger partial charge in [0.25, 0.3) is 9.05 Å². The van der Waals surface area contributed by atoms with Gasteiger partial charge in [-0.2, -0.15) is 0 Å². The third kappa shape index (κ3) is 2.62. The van der Waals surface area contributed by atoms with Gasteiger partial charge >= 0.3 is 5.97 Å². The van der Waals surface area contributed by atoms with Gasteiger partial charge in [-0.25, -0.2) is 13.2 Å². The van der Waals surface area contributed by atoms with E-state index < -0.39 is 19.9 Å². The summed E-state index contributed by atoms with van der Waals surface area (Å²) in [5, 5.41) is 8.68. The molecule has 0 aliphatic heterocycles. The van der Waals surface area contributed by atoms with Gasteiger partial charge in [-0.15, -0.1) is 0 Å². The largest absolute Gasteiger partial charge is 0.478 e. The fourth-order valence-corrected chi connectivity index (χ4v) is 2.64. The Balaban J connectivity index is 3.58. The van der Waals surface area contributed by atoms with Crippen LogP contribution >= 0.6 is 22.3 Å². The average Bonchev–Trinajstić information content (AvgIpc) is 2.00. The lowest BCUT2D eigenvalue weighted by molar-refractivity contribution is 0.0696. The number of carboxylic acids is 1. The van der Waals surface area contributed by atoms with Gasteiger partial charge in [0.05, 0.1) is 10.6 Å². The van der Waals surface area contributed by atoms with Crippen LogP contribution in [0.25, 0.3) is 0 Å². The summed E-state index contributed by atoms with van der Waals surface area (Å²) in [6, 6.07) is 2.20. The van der Waals surface area contributed by atoms with E-state index in [1.54, 1.807) is 0 Å². The van der Waals surface area contributed by atoms with Crippen LogP contribution in [0.5, 0.6) is 0 Å². The summed E-state index contributed by atoms with van der Waals surface area (Å²) in [5.74, 6) is -1.23. The molecule has 0 bridgehead atoms. The van der Waals surface area contributed by atoms with Crippen molar-refractivity contribution in [1.29, 1.82) is 0 Å². The lowest BCUT2D eigenvalue weighted by Gasteiger charge is -2.05. The molecule has 0 aliphatic rings. The summed E-state index contributed by atoms with van der Waals surface area (Å²) in [5.41, 5.74) is 0.232. The zero-order valence-corrected chi connectivity index (χ0v) is 9.82. The van der Waals surface area contributed by atoms with Crippen molar-refractivity contribution in [2.24, 2.45) is 0 Å². The van der Waals surface area contributed by atoms with Gasteiger partial charge in [-0.1, -0.05) is 11.6 Å². The SMILES string of the molecule is Cc1cc(Cl)c(S(=O)(=O)Cl)cc1C(=O)O. The van der Waals surface area contributed by atoms with E-state index in [0.29, 0.717) is 5.56 Å². The maximum Gasteiger partial charge on any atom is 0.335 e. The first-order chi connectivity index (χ1) is 6.73. The van der Waals surface area contributed by atoms with E-state index in [-0.39, 0.29) is 10.6 Å². The van der Waals surface area contributed by atoms with Gasteiger partial charge in [0.1, 0.15) is 4.90 Å². The van der Waals surface area contributed by atoms with Gasteiger partial charge in [-0.05, 0) is 24.6 Å². The molecule has 0 fully saturated rings. The van der Waals surface area contributed by atoms with Crippen molar-refractivity contribution in [1.82, 2.24) is 0 Å². The summed E-state index contributed by atoms with van der Waals surface area (Å²) in [7, 11) is 1.06. The first-order valence-electron chi connectivity index (χ1n) is 3.71. The minimum Gasteiger partial charge on any atom is -0.478 e. The topological polar surface area (TPSA) is 71.4 Å². The van der Waals surface area contributed by atoms with E-state index in [4.69, 9.17) is 27.4 Å². The van der Waals surface area contributed by atoms with Crippen molar-refractivity contribution in [2.45, 2.75) is 11.8 Å². The fraction of sp³-hybridized carbons (Fsp3) is 0.125. The van der Waals surface area contributed by atoms with Crippen LogP contribution < -0.4 is 0 Å². The fourth-order valence-electron chi connectivity index (χ4n) is 1.07. The first kappa shape index (κ1) is 12.3. The van der Waals surface area contributed by atoms with Crippen LogP contribution in [0, 0.1) is 6.92 Å². The zero-order valence-electron chi connectivity index (χ0n) is 7.49. The molecule has 82 valence electrons. The highest BCUT2D eigenvalue weighted by atomic mass is 35.7. The lowest BCUT2D eigenvalue weighted by Crippen LogP contribution is -2.03. The quantitative estimate of drug-likeness (QED) is 0.836. The Morgan fingerprint density at radius 2 is 1.93 bits per heavy atom. The minimum absolute atomic E-state index is 0.0903. The second-order valence-corrected chi connectivity index (χ2v) is 5.78. The Hall–Kier alpha value is -0.780. The Labute approximate surface area is 95.9 Å². The number of aromatic carboxylic acids is 1. The van der Waals surface area contributed by atoms with Crippen molar-refractivity contribution < 1.29 is 18.3 Å². The number of hydrogen-bond donors (Lipinski definition) is 1. The van der Waals surface area contributed by atoms with E-state index in [1.165, 1.54) is 13.0 Å². The van der Waals surface area contributed by atoms with Crippen LogP contribution in [0.2, 0.25) is 5.02 Å². The summed E-state index contributed by atoms with van der Waals surface area (Å²) in [6.45, 7) is 1.51. The van der Waals surface area contributed by atoms with Crippen molar-refractivity contribution in [3.8, 4) is 0 Å². The van der Waals surface area contributed by atoms with Gasteiger partial charge in [0, 0.05) is 10.7 Å². The van der Waals surface area contributed by atoms with Crippen LogP contribution in [0.3, 0.4) is 0 Å². The van der Waals surface area contributed by atoms with E-state index in [9.17, 15) is 13.2 Å². The number of hydrogen-bond acceptors (Lipinski definition) is 3. The molecule has 1 aromatic rings. The summed E-state index contributed by atoms with van der Waals surface area (Å²) < 4.78 is 22.1. The molecule has 7 heteroatoms. The molecule has 0 saturated heterocycles. The van der Waals surface area contributed by atoms with Gasteiger partial charge in [0.15, 0.2) is 0 Å². The van der Waals surface area contributed by atoms with Gasteiger partial charge < -0.3 is 5.11 Å². The van der Waals surface area contributed by atoms with Crippen LogP contribution in [0.1, 0.15) is 15.9 Å². The second-order valence-electron chi connectivity index (χ2n) is 2.84. The highest BCUT2D eigenvalue weighted by molar-refractivity contribution is 8.13. The van der Waals surface area contributed by atoms with E-state index >= 15 is 0 Å². The first-order valence-corrected chi connectivity index (χ1v) is 6.40. The zero-order chi connectivity index (χ0) is 11.8. The van der Waals surface area contributed by atoms with E-state index in [0.717, 1.165) is 6.07 Å². The summed E-state index contributed by atoms with van der Waals surface area (Å²) in [6.07, 6.45) is 0. The molecule has 0 aromatic heterocycles. The maximum absolute atomic E-state index is 11.0.